The number of hydrogen-bond donors (Lipinski definition) is 1. The zero-order valence-corrected chi connectivity index (χ0v) is 8.25. The fourth-order valence-electron chi connectivity index (χ4n) is 1.73. The van der Waals surface area contributed by atoms with Crippen molar-refractivity contribution in [1.82, 2.24) is 0 Å². The monoisotopic (exact) mass is 201 g/mol. The van der Waals surface area contributed by atoms with Gasteiger partial charge in [0.1, 0.15) is 0 Å². The van der Waals surface area contributed by atoms with Crippen LogP contribution in [0, 0.1) is 0 Å². The maximum atomic E-state index is 11.4. The highest BCUT2D eigenvalue weighted by Crippen LogP contribution is 2.24. The molecule has 0 atom stereocenters. The van der Waals surface area contributed by atoms with E-state index >= 15 is 0 Å². The first-order valence-corrected chi connectivity index (χ1v) is 4.80. The van der Waals surface area contributed by atoms with Crippen LogP contribution >= 0.6 is 0 Å². The van der Waals surface area contributed by atoms with Crippen molar-refractivity contribution >= 4 is 17.4 Å². The van der Waals surface area contributed by atoms with E-state index in [4.69, 9.17) is 0 Å². The van der Waals surface area contributed by atoms with Crippen LogP contribution in [-0.4, -0.2) is 11.7 Å². The average Bonchev–Trinajstić information content (AvgIpc) is 2.60. The molecule has 0 fully saturated rings. The standard InChI is InChI=1S/C12H11NO2/c1-2-12(15)13-9-4-5-10-8(7-9)3-6-11(10)14/h2,4-5,7H,1,3,6H2,(H,13,15). The molecule has 0 unspecified atom stereocenters. The first-order valence-electron chi connectivity index (χ1n) is 4.80. The van der Waals surface area contributed by atoms with Crippen LogP contribution < -0.4 is 5.32 Å². The van der Waals surface area contributed by atoms with Crippen LogP contribution in [0.2, 0.25) is 0 Å². The van der Waals surface area contributed by atoms with E-state index in [1.165, 1.54) is 6.08 Å². The Balaban J connectivity index is 2.27. The molecular formula is C12H11NO2. The molecule has 15 heavy (non-hydrogen) atoms. The van der Waals surface area contributed by atoms with Crippen molar-refractivity contribution in [3.05, 3.63) is 42.0 Å². The predicted molar refractivity (Wildman–Crippen MR) is 57.9 cm³/mol. The first kappa shape index (κ1) is 9.65. The molecule has 0 bridgehead atoms. The van der Waals surface area contributed by atoms with Crippen molar-refractivity contribution in [3.8, 4) is 0 Å². The van der Waals surface area contributed by atoms with Gasteiger partial charge in [-0.05, 0) is 36.3 Å². The molecule has 0 heterocycles. The number of rotatable bonds is 2. The van der Waals surface area contributed by atoms with Crippen LogP contribution in [0.3, 0.4) is 0 Å². The van der Waals surface area contributed by atoms with E-state index in [0.717, 1.165) is 17.5 Å². The molecule has 2 rings (SSSR count). The Labute approximate surface area is 87.8 Å². The van der Waals surface area contributed by atoms with Crippen LogP contribution in [-0.2, 0) is 11.2 Å². The molecule has 3 heteroatoms. The molecule has 3 nitrogen and oxygen atoms in total. The molecule has 1 N–H and O–H groups in total. The molecule has 1 aliphatic rings. The van der Waals surface area contributed by atoms with Crippen LogP contribution in [0.1, 0.15) is 22.3 Å². The third-order valence-electron chi connectivity index (χ3n) is 2.48. The maximum Gasteiger partial charge on any atom is 0.247 e. The summed E-state index contributed by atoms with van der Waals surface area (Å²) in [5.74, 6) is -0.0501. The Morgan fingerprint density at radius 3 is 2.93 bits per heavy atom. The number of benzene rings is 1. The summed E-state index contributed by atoms with van der Waals surface area (Å²) in [6, 6.07) is 5.36. The summed E-state index contributed by atoms with van der Waals surface area (Å²) in [6.45, 7) is 3.38. The van der Waals surface area contributed by atoms with Gasteiger partial charge in [-0.3, -0.25) is 9.59 Å². The second kappa shape index (κ2) is 3.69. The van der Waals surface area contributed by atoms with Crippen LogP contribution in [0.25, 0.3) is 0 Å². The molecule has 0 spiro atoms. The normalized spacial score (nSPS) is 13.5. The molecular weight excluding hydrogens is 190 g/mol. The lowest BCUT2D eigenvalue weighted by Crippen LogP contribution is -2.07. The summed E-state index contributed by atoms with van der Waals surface area (Å²) in [5, 5.41) is 2.67. The number of fused-ring (bicyclic) bond motifs is 1. The third-order valence-corrected chi connectivity index (χ3v) is 2.48. The average molecular weight is 201 g/mol. The van der Waals surface area contributed by atoms with Gasteiger partial charge < -0.3 is 5.32 Å². The first-order chi connectivity index (χ1) is 7.20. The maximum absolute atomic E-state index is 11.4. The summed E-state index contributed by atoms with van der Waals surface area (Å²) in [4.78, 5) is 22.4. The fraction of sp³-hybridized carbons (Fsp3) is 0.167. The van der Waals surface area contributed by atoms with Gasteiger partial charge in [-0.1, -0.05) is 6.58 Å². The van der Waals surface area contributed by atoms with Crippen molar-refractivity contribution in [1.29, 1.82) is 0 Å². The summed E-state index contributed by atoms with van der Waals surface area (Å²) >= 11 is 0. The van der Waals surface area contributed by atoms with E-state index in [1.807, 2.05) is 6.07 Å². The van der Waals surface area contributed by atoms with Gasteiger partial charge in [-0.15, -0.1) is 0 Å². The smallest absolute Gasteiger partial charge is 0.247 e. The van der Waals surface area contributed by atoms with Crippen LogP contribution in [0.15, 0.2) is 30.9 Å². The highest BCUT2D eigenvalue weighted by molar-refractivity contribution is 6.02. The summed E-state index contributed by atoms with van der Waals surface area (Å²) < 4.78 is 0. The van der Waals surface area contributed by atoms with Crippen molar-refractivity contribution < 1.29 is 9.59 Å². The molecule has 1 aliphatic carbocycles. The predicted octanol–water partition coefficient (Wildman–Crippen LogP) is 1.94. The van der Waals surface area contributed by atoms with Crippen LogP contribution in [0.4, 0.5) is 5.69 Å². The second-order valence-corrected chi connectivity index (χ2v) is 3.49. The van der Waals surface area contributed by atoms with Crippen molar-refractivity contribution in [2.45, 2.75) is 12.8 Å². The van der Waals surface area contributed by atoms with E-state index in [0.29, 0.717) is 12.1 Å². The number of aryl methyl sites for hydroxylation is 1. The second-order valence-electron chi connectivity index (χ2n) is 3.49. The third kappa shape index (κ3) is 1.81. The summed E-state index contributed by atoms with van der Waals surface area (Å²) in [6.07, 6.45) is 2.57. The van der Waals surface area contributed by atoms with Crippen molar-refractivity contribution in [3.63, 3.8) is 0 Å². The van der Waals surface area contributed by atoms with Gasteiger partial charge in [-0.2, -0.15) is 0 Å². The quantitative estimate of drug-likeness (QED) is 0.743. The minimum Gasteiger partial charge on any atom is -0.323 e. The molecule has 0 aliphatic heterocycles. The number of ketones is 1. The Bertz CT molecular complexity index is 449. The van der Waals surface area contributed by atoms with Gasteiger partial charge in [-0.25, -0.2) is 0 Å². The van der Waals surface area contributed by atoms with E-state index in [-0.39, 0.29) is 11.7 Å². The zero-order valence-electron chi connectivity index (χ0n) is 8.25. The topological polar surface area (TPSA) is 46.2 Å². The number of nitrogens with one attached hydrogen (secondary N) is 1. The molecule has 0 saturated carbocycles. The fourth-order valence-corrected chi connectivity index (χ4v) is 1.73. The van der Waals surface area contributed by atoms with Gasteiger partial charge in [0, 0.05) is 17.7 Å². The molecule has 1 aromatic carbocycles. The van der Waals surface area contributed by atoms with E-state index in [2.05, 4.69) is 11.9 Å². The number of hydrogen-bond acceptors (Lipinski definition) is 2. The zero-order chi connectivity index (χ0) is 10.8. The number of Topliss-reactive ketones (excluding diaryl/α,β-unsaturated/α-hetero) is 1. The van der Waals surface area contributed by atoms with Gasteiger partial charge in [0.25, 0.3) is 0 Å². The number of amides is 1. The van der Waals surface area contributed by atoms with Crippen LogP contribution in [0.5, 0.6) is 0 Å². The van der Waals surface area contributed by atoms with Gasteiger partial charge in [0.2, 0.25) is 5.91 Å². The van der Waals surface area contributed by atoms with E-state index in [9.17, 15) is 9.59 Å². The van der Waals surface area contributed by atoms with Crippen molar-refractivity contribution in [2.24, 2.45) is 0 Å². The van der Waals surface area contributed by atoms with Gasteiger partial charge >= 0.3 is 0 Å². The van der Waals surface area contributed by atoms with Gasteiger partial charge in [0.05, 0.1) is 0 Å². The molecule has 1 aromatic rings. The Morgan fingerprint density at radius 1 is 1.40 bits per heavy atom. The lowest BCUT2D eigenvalue weighted by molar-refractivity contribution is -0.111. The molecule has 76 valence electrons. The number of carbonyl (C=O) groups is 2. The van der Waals surface area contributed by atoms with Gasteiger partial charge in [0.15, 0.2) is 5.78 Å². The van der Waals surface area contributed by atoms with E-state index in [1.54, 1.807) is 12.1 Å². The molecule has 0 aromatic heterocycles. The minimum atomic E-state index is -0.237. The highest BCUT2D eigenvalue weighted by Gasteiger charge is 2.19. The number of carbonyl (C=O) groups excluding carboxylic acids is 2. The summed E-state index contributed by atoms with van der Waals surface area (Å²) in [7, 11) is 0. The largest absolute Gasteiger partial charge is 0.323 e. The summed E-state index contributed by atoms with van der Waals surface area (Å²) in [5.41, 5.74) is 2.52. The Hall–Kier alpha value is -1.90. The molecule has 1 amide bonds. The SMILES string of the molecule is C=CC(=O)Nc1ccc2c(c1)CCC2=O. The molecule has 0 saturated heterocycles. The van der Waals surface area contributed by atoms with Crippen molar-refractivity contribution in [2.75, 3.05) is 5.32 Å². The lowest BCUT2D eigenvalue weighted by Gasteiger charge is -2.04. The minimum absolute atomic E-state index is 0.187. The Kier molecular flexibility index (Phi) is 2.37. The van der Waals surface area contributed by atoms with E-state index < -0.39 is 0 Å². The molecule has 0 radical (unpaired) electrons. The number of anilines is 1. The highest BCUT2D eigenvalue weighted by atomic mass is 16.1. The Morgan fingerprint density at radius 2 is 2.20 bits per heavy atom. The lowest BCUT2D eigenvalue weighted by atomic mass is 10.1.